The number of H-pyrrole nitrogens is 1. The zero-order chi connectivity index (χ0) is 13.9. The number of hydrogen-bond donors (Lipinski definition) is 2. The number of hydrogen-bond acceptors (Lipinski definition) is 6. The van der Waals surface area contributed by atoms with Crippen LogP contribution in [0, 0.1) is 18.3 Å². The van der Waals surface area contributed by atoms with E-state index >= 15 is 0 Å². The maximum atomic E-state index is 12.0. The van der Waals surface area contributed by atoms with Crippen LogP contribution < -0.4 is 4.72 Å². The smallest absolute Gasteiger partial charge is 0.207 e. The molecule has 0 amide bonds. The molecule has 0 saturated heterocycles. The Labute approximate surface area is 109 Å². The van der Waals surface area contributed by atoms with Crippen LogP contribution in [0.2, 0.25) is 0 Å². The molecule has 8 nitrogen and oxygen atoms in total. The summed E-state index contributed by atoms with van der Waals surface area (Å²) in [6.45, 7) is 1.62. The third-order valence-electron chi connectivity index (χ3n) is 2.44. The number of sulfonamides is 1. The van der Waals surface area contributed by atoms with Gasteiger partial charge in [0.25, 0.3) is 0 Å². The molecule has 0 saturated carbocycles. The maximum Gasteiger partial charge on any atom is 0.240 e. The van der Waals surface area contributed by atoms with Crippen molar-refractivity contribution in [2.45, 2.75) is 18.4 Å². The first kappa shape index (κ1) is 13.1. The zero-order valence-electron chi connectivity index (χ0n) is 9.95. The molecule has 0 unspecified atom stereocenters. The van der Waals surface area contributed by atoms with E-state index in [1.807, 2.05) is 6.07 Å². The van der Waals surface area contributed by atoms with Crippen molar-refractivity contribution >= 4 is 10.0 Å². The number of benzene rings is 1. The van der Waals surface area contributed by atoms with Crippen molar-refractivity contribution in [1.29, 1.82) is 5.26 Å². The lowest BCUT2D eigenvalue weighted by atomic mass is 10.1. The summed E-state index contributed by atoms with van der Waals surface area (Å²) in [5.74, 6) is 0.244. The van der Waals surface area contributed by atoms with Crippen LogP contribution in [0.25, 0.3) is 0 Å². The Hall–Kier alpha value is -2.31. The van der Waals surface area contributed by atoms with Gasteiger partial charge in [-0.3, -0.25) is 0 Å². The number of nitriles is 1. The monoisotopic (exact) mass is 278 g/mol. The highest BCUT2D eigenvalue weighted by molar-refractivity contribution is 7.89. The molecule has 1 aromatic heterocycles. The van der Waals surface area contributed by atoms with E-state index in [-0.39, 0.29) is 17.3 Å². The van der Waals surface area contributed by atoms with Crippen molar-refractivity contribution in [2.75, 3.05) is 0 Å². The van der Waals surface area contributed by atoms with E-state index in [1.165, 1.54) is 18.2 Å². The second-order valence-corrected chi connectivity index (χ2v) is 5.51. The lowest BCUT2D eigenvalue weighted by Gasteiger charge is -2.06. The first-order valence-corrected chi connectivity index (χ1v) is 6.74. The number of aromatic amines is 1. The van der Waals surface area contributed by atoms with Gasteiger partial charge in [-0.15, -0.1) is 10.2 Å². The van der Waals surface area contributed by atoms with Gasteiger partial charge in [-0.05, 0) is 30.7 Å². The maximum absolute atomic E-state index is 12.0. The third-order valence-corrected chi connectivity index (χ3v) is 3.84. The Morgan fingerprint density at radius 1 is 1.47 bits per heavy atom. The summed E-state index contributed by atoms with van der Waals surface area (Å²) in [5.41, 5.74) is 1.04. The molecule has 98 valence electrons. The minimum atomic E-state index is -3.66. The van der Waals surface area contributed by atoms with Gasteiger partial charge >= 0.3 is 0 Å². The Balaban J connectivity index is 2.20. The molecular weight excluding hydrogens is 268 g/mol. The highest BCUT2D eigenvalue weighted by Crippen LogP contribution is 2.14. The third kappa shape index (κ3) is 2.93. The predicted molar refractivity (Wildman–Crippen MR) is 64.1 cm³/mol. The van der Waals surface area contributed by atoms with Crippen molar-refractivity contribution in [3.05, 3.63) is 35.2 Å². The van der Waals surface area contributed by atoms with Crippen LogP contribution >= 0.6 is 0 Å². The molecule has 0 radical (unpaired) electrons. The van der Waals surface area contributed by atoms with Crippen LogP contribution in [0.5, 0.6) is 0 Å². The van der Waals surface area contributed by atoms with Crippen LogP contribution in [-0.4, -0.2) is 29.0 Å². The Bertz CT molecular complexity index is 717. The van der Waals surface area contributed by atoms with Crippen LogP contribution in [0.4, 0.5) is 0 Å². The summed E-state index contributed by atoms with van der Waals surface area (Å²) in [6, 6.07) is 6.27. The number of aromatic nitrogens is 4. The molecule has 19 heavy (non-hydrogen) atoms. The van der Waals surface area contributed by atoms with Gasteiger partial charge in [0, 0.05) is 0 Å². The summed E-state index contributed by atoms with van der Waals surface area (Å²) in [5, 5.41) is 21.6. The summed E-state index contributed by atoms with van der Waals surface area (Å²) >= 11 is 0. The largest absolute Gasteiger partial charge is 0.240 e. The van der Waals surface area contributed by atoms with Crippen molar-refractivity contribution < 1.29 is 8.42 Å². The topological polar surface area (TPSA) is 124 Å². The molecular formula is C10H10N6O2S. The lowest BCUT2D eigenvalue weighted by Crippen LogP contribution is -2.24. The van der Waals surface area contributed by atoms with Crippen LogP contribution in [0.15, 0.2) is 23.1 Å². The fraction of sp³-hybridized carbons (Fsp3) is 0.200. The van der Waals surface area contributed by atoms with Gasteiger partial charge in [0.05, 0.1) is 23.1 Å². The quantitative estimate of drug-likeness (QED) is 0.801. The van der Waals surface area contributed by atoms with Gasteiger partial charge in [-0.1, -0.05) is 5.21 Å². The lowest BCUT2D eigenvalue weighted by molar-refractivity contribution is 0.579. The SMILES string of the molecule is Cc1cc(S(=O)(=O)NCc2nn[nH]n2)ccc1C#N. The number of nitrogens with one attached hydrogen (secondary N) is 2. The van der Waals surface area contributed by atoms with E-state index in [0.717, 1.165) is 0 Å². The van der Waals surface area contributed by atoms with E-state index in [0.29, 0.717) is 11.1 Å². The standard InChI is InChI=1S/C10H10N6O2S/c1-7-4-9(3-2-8(7)5-11)19(17,18)12-6-10-13-15-16-14-10/h2-4,12H,6H2,1H3,(H,13,14,15,16). The Morgan fingerprint density at radius 2 is 2.26 bits per heavy atom. The summed E-state index contributed by atoms with van der Waals surface area (Å²) < 4.78 is 26.3. The highest BCUT2D eigenvalue weighted by Gasteiger charge is 2.15. The molecule has 1 heterocycles. The van der Waals surface area contributed by atoms with Gasteiger partial charge in [-0.25, -0.2) is 13.1 Å². The molecule has 0 atom stereocenters. The molecule has 1 aromatic carbocycles. The molecule has 0 aliphatic carbocycles. The summed E-state index contributed by atoms with van der Waals surface area (Å²) in [7, 11) is -3.66. The highest BCUT2D eigenvalue weighted by atomic mass is 32.2. The molecule has 0 aliphatic rings. The second-order valence-electron chi connectivity index (χ2n) is 3.74. The first-order valence-electron chi connectivity index (χ1n) is 5.25. The minimum absolute atomic E-state index is 0.0577. The van der Waals surface area contributed by atoms with Crippen LogP contribution in [0.3, 0.4) is 0 Å². The van der Waals surface area contributed by atoms with Gasteiger partial charge < -0.3 is 0 Å². The van der Waals surface area contributed by atoms with E-state index in [1.54, 1.807) is 6.92 Å². The molecule has 2 rings (SSSR count). The Kier molecular flexibility index (Phi) is 3.55. The van der Waals surface area contributed by atoms with Crippen molar-refractivity contribution in [1.82, 2.24) is 25.3 Å². The van der Waals surface area contributed by atoms with Gasteiger partial charge in [0.1, 0.15) is 0 Å². The van der Waals surface area contributed by atoms with Gasteiger partial charge in [0.2, 0.25) is 10.0 Å². The normalized spacial score (nSPS) is 11.2. The fourth-order valence-electron chi connectivity index (χ4n) is 1.43. The average molecular weight is 278 g/mol. The molecule has 2 N–H and O–H groups in total. The van der Waals surface area contributed by atoms with E-state index < -0.39 is 10.0 Å². The summed E-state index contributed by atoms with van der Waals surface area (Å²) in [4.78, 5) is 0.0903. The number of rotatable bonds is 4. The van der Waals surface area contributed by atoms with E-state index in [9.17, 15) is 8.42 Å². The van der Waals surface area contributed by atoms with Gasteiger partial charge in [-0.2, -0.15) is 10.5 Å². The predicted octanol–water partition coefficient (Wildman–Crippen LogP) is -0.142. The first-order chi connectivity index (χ1) is 9.03. The molecule has 0 aliphatic heterocycles. The molecule has 0 fully saturated rings. The zero-order valence-corrected chi connectivity index (χ0v) is 10.8. The second kappa shape index (κ2) is 5.13. The number of nitrogens with zero attached hydrogens (tertiary/aromatic N) is 4. The average Bonchev–Trinajstić information content (AvgIpc) is 2.89. The van der Waals surface area contributed by atoms with Gasteiger partial charge in [0.15, 0.2) is 5.82 Å². The summed E-state index contributed by atoms with van der Waals surface area (Å²) in [6.07, 6.45) is 0. The van der Waals surface area contributed by atoms with Crippen molar-refractivity contribution in [2.24, 2.45) is 0 Å². The fourth-order valence-corrected chi connectivity index (χ4v) is 2.49. The van der Waals surface area contributed by atoms with E-state index in [4.69, 9.17) is 5.26 Å². The molecule has 9 heteroatoms. The minimum Gasteiger partial charge on any atom is -0.207 e. The molecule has 2 aromatic rings. The van der Waals surface area contributed by atoms with Crippen LogP contribution in [-0.2, 0) is 16.6 Å². The van der Waals surface area contributed by atoms with E-state index in [2.05, 4.69) is 25.3 Å². The molecule has 0 bridgehead atoms. The van der Waals surface area contributed by atoms with Crippen molar-refractivity contribution in [3.63, 3.8) is 0 Å². The van der Waals surface area contributed by atoms with Crippen molar-refractivity contribution in [3.8, 4) is 6.07 Å². The number of tetrazole rings is 1. The van der Waals surface area contributed by atoms with Crippen LogP contribution in [0.1, 0.15) is 17.0 Å². The molecule has 0 spiro atoms. The number of aryl methyl sites for hydroxylation is 1. The Morgan fingerprint density at radius 3 is 2.84 bits per heavy atom.